The number of benzene rings is 1. The summed E-state index contributed by atoms with van der Waals surface area (Å²) in [5, 5.41) is 3.56. The Labute approximate surface area is 183 Å². The first-order chi connectivity index (χ1) is 15.5. The standard InChI is InChI=1S/C18H13F3N2O4.C2H4F3N/c1-25-17(24)12-7-8-14(22-9-12)26-10-13-15(11-5-3-2-4-6-11)23-27-16(13)18(19,20)21;3-2(4,5)1-6/h2-9H,10H2,1H3;1,6H2. The first kappa shape index (κ1) is 25.6. The minimum atomic E-state index is -4.72. The molecule has 0 amide bonds. The van der Waals surface area contributed by atoms with Crippen LogP contribution in [0.15, 0.2) is 53.2 Å². The van der Waals surface area contributed by atoms with Crippen LogP contribution in [0.3, 0.4) is 0 Å². The van der Waals surface area contributed by atoms with E-state index < -0.39 is 37.2 Å². The van der Waals surface area contributed by atoms with Crippen molar-refractivity contribution >= 4 is 5.97 Å². The third-order valence-corrected chi connectivity index (χ3v) is 3.85. The van der Waals surface area contributed by atoms with Crippen LogP contribution in [0.4, 0.5) is 26.3 Å². The molecule has 2 N–H and O–H groups in total. The average Bonchev–Trinajstić information content (AvgIpc) is 3.22. The zero-order valence-electron chi connectivity index (χ0n) is 16.9. The molecule has 3 aromatic rings. The highest BCUT2D eigenvalue weighted by molar-refractivity contribution is 5.88. The summed E-state index contributed by atoms with van der Waals surface area (Å²) in [7, 11) is 1.22. The highest BCUT2D eigenvalue weighted by atomic mass is 19.4. The number of rotatable bonds is 5. The second kappa shape index (κ2) is 10.8. The highest BCUT2D eigenvalue weighted by Crippen LogP contribution is 2.37. The van der Waals surface area contributed by atoms with E-state index in [1.54, 1.807) is 30.3 Å². The molecule has 33 heavy (non-hydrogen) atoms. The monoisotopic (exact) mass is 477 g/mol. The molecule has 178 valence electrons. The molecule has 2 aromatic heterocycles. The van der Waals surface area contributed by atoms with Crippen molar-refractivity contribution in [2.75, 3.05) is 13.7 Å². The fourth-order valence-electron chi connectivity index (χ4n) is 2.34. The molecule has 2 heterocycles. The predicted octanol–water partition coefficient (Wildman–Crippen LogP) is 4.63. The maximum Gasteiger partial charge on any atom is 0.452 e. The molecule has 0 fully saturated rings. The van der Waals surface area contributed by atoms with E-state index >= 15 is 0 Å². The van der Waals surface area contributed by atoms with Gasteiger partial charge in [0.2, 0.25) is 11.6 Å². The van der Waals surface area contributed by atoms with Gasteiger partial charge in [0.25, 0.3) is 0 Å². The quantitative estimate of drug-likeness (QED) is 0.423. The van der Waals surface area contributed by atoms with Crippen LogP contribution in [-0.2, 0) is 17.5 Å². The van der Waals surface area contributed by atoms with Crippen molar-refractivity contribution in [2.45, 2.75) is 19.0 Å². The van der Waals surface area contributed by atoms with Gasteiger partial charge in [0, 0.05) is 17.8 Å². The molecule has 0 aliphatic rings. The first-order valence-corrected chi connectivity index (χ1v) is 9.01. The number of pyridine rings is 1. The van der Waals surface area contributed by atoms with Crippen molar-refractivity contribution < 1.29 is 45.1 Å². The number of halogens is 6. The van der Waals surface area contributed by atoms with Gasteiger partial charge in [-0.05, 0) is 6.07 Å². The summed E-state index contributed by atoms with van der Waals surface area (Å²) in [6.07, 6.45) is -7.70. The van der Waals surface area contributed by atoms with Crippen molar-refractivity contribution in [3.8, 4) is 17.1 Å². The van der Waals surface area contributed by atoms with Gasteiger partial charge in [0.05, 0.1) is 24.8 Å². The lowest BCUT2D eigenvalue weighted by Gasteiger charge is -2.09. The van der Waals surface area contributed by atoms with Crippen LogP contribution in [0, 0.1) is 0 Å². The summed E-state index contributed by atoms with van der Waals surface area (Å²) in [4.78, 5) is 15.3. The maximum absolute atomic E-state index is 13.2. The van der Waals surface area contributed by atoms with Crippen molar-refractivity contribution in [1.82, 2.24) is 10.1 Å². The van der Waals surface area contributed by atoms with E-state index in [9.17, 15) is 31.1 Å². The fourth-order valence-corrected chi connectivity index (χ4v) is 2.34. The molecule has 0 bridgehead atoms. The molecular weight excluding hydrogens is 460 g/mol. The summed E-state index contributed by atoms with van der Waals surface area (Å²) in [5.74, 6) is -1.78. The topological polar surface area (TPSA) is 100 Å². The first-order valence-electron chi connectivity index (χ1n) is 9.01. The lowest BCUT2D eigenvalue weighted by molar-refractivity contribution is -0.156. The van der Waals surface area contributed by atoms with Gasteiger partial charge in [-0.15, -0.1) is 0 Å². The Morgan fingerprint density at radius 2 is 1.70 bits per heavy atom. The van der Waals surface area contributed by atoms with Gasteiger partial charge in [0.15, 0.2) is 0 Å². The van der Waals surface area contributed by atoms with E-state index in [0.717, 1.165) is 0 Å². The van der Waals surface area contributed by atoms with E-state index in [4.69, 9.17) is 4.74 Å². The van der Waals surface area contributed by atoms with Crippen LogP contribution >= 0.6 is 0 Å². The number of carbonyl (C=O) groups is 1. The maximum atomic E-state index is 13.2. The van der Waals surface area contributed by atoms with Crippen LogP contribution in [0.1, 0.15) is 21.7 Å². The minimum Gasteiger partial charge on any atom is -0.473 e. The van der Waals surface area contributed by atoms with Gasteiger partial charge in [0.1, 0.15) is 12.3 Å². The van der Waals surface area contributed by atoms with E-state index in [-0.39, 0.29) is 22.7 Å². The Bertz CT molecular complexity index is 1030. The van der Waals surface area contributed by atoms with Crippen LogP contribution in [-0.4, -0.2) is 35.9 Å². The van der Waals surface area contributed by atoms with Gasteiger partial charge < -0.3 is 19.7 Å². The normalized spacial score (nSPS) is 11.4. The Morgan fingerprint density at radius 3 is 2.18 bits per heavy atom. The zero-order valence-corrected chi connectivity index (χ0v) is 16.9. The molecule has 0 saturated carbocycles. The molecule has 0 aliphatic carbocycles. The number of aromatic nitrogens is 2. The van der Waals surface area contributed by atoms with Gasteiger partial charge in [-0.25, -0.2) is 9.78 Å². The number of alkyl halides is 6. The number of methoxy groups -OCH3 is 1. The number of hydrogen-bond donors (Lipinski definition) is 1. The summed E-state index contributed by atoms with van der Waals surface area (Å²) >= 11 is 0. The second-order valence-electron chi connectivity index (χ2n) is 6.19. The van der Waals surface area contributed by atoms with E-state index in [1.807, 2.05) is 0 Å². The van der Waals surface area contributed by atoms with Crippen LogP contribution in [0.5, 0.6) is 5.88 Å². The summed E-state index contributed by atoms with van der Waals surface area (Å²) < 4.78 is 86.1. The number of ether oxygens (including phenoxy) is 2. The number of carbonyl (C=O) groups excluding carboxylic acids is 1. The molecule has 7 nitrogen and oxygen atoms in total. The molecule has 0 unspecified atom stereocenters. The largest absolute Gasteiger partial charge is 0.473 e. The van der Waals surface area contributed by atoms with Gasteiger partial charge >= 0.3 is 18.3 Å². The highest BCUT2D eigenvalue weighted by Gasteiger charge is 2.40. The summed E-state index contributed by atoms with van der Waals surface area (Å²) in [5.41, 5.74) is 4.63. The lowest BCUT2D eigenvalue weighted by Crippen LogP contribution is -2.21. The molecule has 1 aromatic carbocycles. The molecule has 0 saturated heterocycles. The Kier molecular flexibility index (Phi) is 8.40. The molecular formula is C20H17F6N3O4. The SMILES string of the molecule is COC(=O)c1ccc(OCc2c(-c3ccccc3)noc2C(F)(F)F)nc1.NCC(F)(F)F. The Morgan fingerprint density at radius 1 is 1.06 bits per heavy atom. The molecule has 13 heteroatoms. The predicted molar refractivity (Wildman–Crippen MR) is 102 cm³/mol. The fraction of sp³-hybridized carbons (Fsp3) is 0.250. The van der Waals surface area contributed by atoms with Crippen molar-refractivity contribution in [1.29, 1.82) is 0 Å². The number of nitrogens with zero attached hydrogens (tertiary/aromatic N) is 2. The van der Waals surface area contributed by atoms with Gasteiger partial charge in [-0.3, -0.25) is 0 Å². The van der Waals surface area contributed by atoms with Crippen LogP contribution in [0.25, 0.3) is 11.3 Å². The van der Waals surface area contributed by atoms with E-state index in [2.05, 4.69) is 25.1 Å². The van der Waals surface area contributed by atoms with Crippen molar-refractivity contribution in [3.05, 3.63) is 65.5 Å². The molecule has 3 rings (SSSR count). The summed E-state index contributed by atoms with van der Waals surface area (Å²) in [6, 6.07) is 11.1. The Hall–Kier alpha value is -3.61. The van der Waals surface area contributed by atoms with Gasteiger partial charge in [-0.1, -0.05) is 35.5 Å². The smallest absolute Gasteiger partial charge is 0.452 e. The summed E-state index contributed by atoms with van der Waals surface area (Å²) in [6.45, 7) is -1.69. The lowest BCUT2D eigenvalue weighted by atomic mass is 10.1. The molecule has 0 radical (unpaired) electrons. The minimum absolute atomic E-state index is 0.0362. The van der Waals surface area contributed by atoms with E-state index in [1.165, 1.54) is 25.4 Å². The molecule has 0 aliphatic heterocycles. The van der Waals surface area contributed by atoms with Crippen molar-refractivity contribution in [3.63, 3.8) is 0 Å². The Balaban J connectivity index is 0.000000569. The van der Waals surface area contributed by atoms with E-state index in [0.29, 0.717) is 5.56 Å². The number of hydrogen-bond acceptors (Lipinski definition) is 7. The zero-order chi connectivity index (χ0) is 24.6. The van der Waals surface area contributed by atoms with Crippen LogP contribution in [0.2, 0.25) is 0 Å². The molecule has 0 spiro atoms. The molecule has 0 atom stereocenters. The third kappa shape index (κ3) is 7.49. The average molecular weight is 477 g/mol. The number of esters is 1. The number of nitrogens with two attached hydrogens (primary N) is 1. The second-order valence-corrected chi connectivity index (χ2v) is 6.19. The third-order valence-electron chi connectivity index (χ3n) is 3.85. The van der Waals surface area contributed by atoms with Gasteiger partial charge in [-0.2, -0.15) is 26.3 Å². The van der Waals surface area contributed by atoms with Crippen molar-refractivity contribution in [2.24, 2.45) is 5.73 Å². The van der Waals surface area contributed by atoms with Crippen LogP contribution < -0.4 is 10.5 Å².